The Hall–Kier alpha value is -1.65. The maximum atomic E-state index is 7.15. The topological polar surface area (TPSA) is 87.7 Å². The predicted octanol–water partition coefficient (Wildman–Crippen LogP) is 0.192. The summed E-state index contributed by atoms with van der Waals surface area (Å²) in [5, 5.41) is 17.6. The lowest BCUT2D eigenvalue weighted by Gasteiger charge is -2.01. The molecule has 64 valence electrons. The Morgan fingerprint density at radius 3 is 3.08 bits per heavy atom. The van der Waals surface area contributed by atoms with Crippen LogP contribution in [-0.4, -0.2) is 22.6 Å². The number of nitrogens with two attached hydrogens (primary N) is 1. The van der Waals surface area contributed by atoms with Crippen LogP contribution in [0.4, 0.5) is 5.82 Å². The molecule has 0 atom stereocenters. The second-order valence-electron chi connectivity index (χ2n) is 2.27. The first-order chi connectivity index (χ1) is 5.74. The zero-order chi connectivity index (χ0) is 8.97. The molecule has 0 saturated heterocycles. The molecule has 1 heterocycles. The Morgan fingerprint density at radius 1 is 1.75 bits per heavy atom. The van der Waals surface area contributed by atoms with Gasteiger partial charge in [0.1, 0.15) is 11.7 Å². The lowest BCUT2D eigenvalue weighted by molar-refractivity contribution is 1.01. The van der Waals surface area contributed by atoms with Gasteiger partial charge in [-0.1, -0.05) is 0 Å². The zero-order valence-electron chi connectivity index (χ0n) is 6.83. The summed E-state index contributed by atoms with van der Waals surface area (Å²) >= 11 is 0. The minimum absolute atomic E-state index is 0.00375. The van der Waals surface area contributed by atoms with Crippen LogP contribution in [-0.2, 0) is 0 Å². The van der Waals surface area contributed by atoms with Crippen molar-refractivity contribution in [2.24, 2.45) is 5.73 Å². The normalized spacial score (nSPS) is 9.42. The Bertz CT molecular complexity index is 283. The molecule has 4 N–H and O–H groups in total. The van der Waals surface area contributed by atoms with Crippen LogP contribution < -0.4 is 11.1 Å². The van der Waals surface area contributed by atoms with E-state index in [4.69, 9.17) is 11.1 Å². The highest BCUT2D eigenvalue weighted by Crippen LogP contribution is 2.02. The molecule has 0 aliphatic heterocycles. The van der Waals surface area contributed by atoms with Gasteiger partial charge in [0, 0.05) is 12.1 Å². The molecule has 12 heavy (non-hydrogen) atoms. The average molecular weight is 165 g/mol. The highest BCUT2D eigenvalue weighted by atomic mass is 15.2. The van der Waals surface area contributed by atoms with E-state index in [-0.39, 0.29) is 5.84 Å². The number of hydrogen-bond acceptors (Lipinski definition) is 4. The molecular weight excluding hydrogens is 154 g/mol. The summed E-state index contributed by atoms with van der Waals surface area (Å²) in [6.07, 6.45) is 1.46. The highest BCUT2D eigenvalue weighted by Gasteiger charge is 1.98. The predicted molar refractivity (Wildman–Crippen MR) is 47.2 cm³/mol. The number of hydrogen-bond donors (Lipinski definition) is 3. The van der Waals surface area contributed by atoms with Gasteiger partial charge in [-0.25, -0.2) is 0 Å². The maximum Gasteiger partial charge on any atom is 0.149 e. The van der Waals surface area contributed by atoms with Crippen LogP contribution in [0.5, 0.6) is 0 Å². The Labute approximate surface area is 70.5 Å². The number of amidine groups is 1. The molecule has 1 aromatic rings. The summed E-state index contributed by atoms with van der Waals surface area (Å²) in [5.74, 6) is 0.647. The van der Waals surface area contributed by atoms with E-state index in [1.165, 1.54) is 6.20 Å². The van der Waals surface area contributed by atoms with Crippen LogP contribution in [0.15, 0.2) is 12.3 Å². The second kappa shape index (κ2) is 3.66. The third-order valence-corrected chi connectivity index (χ3v) is 1.32. The molecule has 0 aliphatic rings. The van der Waals surface area contributed by atoms with Crippen LogP contribution in [0, 0.1) is 5.41 Å². The number of anilines is 1. The Balaban J connectivity index is 2.88. The lowest BCUT2D eigenvalue weighted by atomic mass is 10.3. The van der Waals surface area contributed by atoms with Gasteiger partial charge in [-0.05, 0) is 13.0 Å². The van der Waals surface area contributed by atoms with Gasteiger partial charge < -0.3 is 11.1 Å². The smallest absolute Gasteiger partial charge is 0.149 e. The van der Waals surface area contributed by atoms with Gasteiger partial charge in [-0.15, -0.1) is 5.10 Å². The van der Waals surface area contributed by atoms with Gasteiger partial charge in [0.2, 0.25) is 0 Å². The fraction of sp³-hybridized carbons (Fsp3) is 0.286. The molecule has 1 rings (SSSR count). The molecule has 0 amide bonds. The van der Waals surface area contributed by atoms with E-state index in [9.17, 15) is 0 Å². The number of aromatic nitrogens is 2. The minimum atomic E-state index is 0.00375. The molecule has 0 fully saturated rings. The standard InChI is InChI=1S/C7H11N5/c1-2-10-6-3-5(7(8)9)4-11-12-6/h3-4H,2H2,1H3,(H3,8,9)(H,10,12). The molecular formula is C7H11N5. The first-order valence-electron chi connectivity index (χ1n) is 3.65. The monoisotopic (exact) mass is 165 g/mol. The van der Waals surface area contributed by atoms with Gasteiger partial charge >= 0.3 is 0 Å². The van der Waals surface area contributed by atoms with Crippen LogP contribution in [0.1, 0.15) is 12.5 Å². The summed E-state index contributed by atoms with van der Waals surface area (Å²) in [6, 6.07) is 1.69. The van der Waals surface area contributed by atoms with Crippen molar-refractivity contribution < 1.29 is 0 Å². The second-order valence-corrected chi connectivity index (χ2v) is 2.27. The van der Waals surface area contributed by atoms with Crippen molar-refractivity contribution in [1.29, 1.82) is 5.41 Å². The summed E-state index contributed by atoms with van der Waals surface area (Å²) in [4.78, 5) is 0. The van der Waals surface area contributed by atoms with Crippen LogP contribution >= 0.6 is 0 Å². The van der Waals surface area contributed by atoms with Gasteiger partial charge in [-0.2, -0.15) is 5.10 Å². The third kappa shape index (κ3) is 1.91. The van der Waals surface area contributed by atoms with Crippen molar-refractivity contribution in [2.75, 3.05) is 11.9 Å². The Morgan fingerprint density at radius 2 is 2.50 bits per heavy atom. The molecule has 0 unspecified atom stereocenters. The average Bonchev–Trinajstić information content (AvgIpc) is 2.05. The van der Waals surface area contributed by atoms with Crippen molar-refractivity contribution in [3.63, 3.8) is 0 Å². The molecule has 0 bridgehead atoms. The molecule has 0 aromatic carbocycles. The fourth-order valence-electron chi connectivity index (χ4n) is 0.781. The van der Waals surface area contributed by atoms with E-state index in [1.54, 1.807) is 6.07 Å². The van der Waals surface area contributed by atoms with E-state index in [1.807, 2.05) is 6.92 Å². The van der Waals surface area contributed by atoms with E-state index >= 15 is 0 Å². The van der Waals surface area contributed by atoms with Crippen molar-refractivity contribution in [2.45, 2.75) is 6.92 Å². The van der Waals surface area contributed by atoms with Crippen LogP contribution in [0.2, 0.25) is 0 Å². The molecule has 1 aromatic heterocycles. The maximum absolute atomic E-state index is 7.15. The van der Waals surface area contributed by atoms with Crippen molar-refractivity contribution >= 4 is 11.7 Å². The van der Waals surface area contributed by atoms with Gasteiger partial charge in [0.15, 0.2) is 0 Å². The van der Waals surface area contributed by atoms with Gasteiger partial charge in [0.05, 0.1) is 6.20 Å². The number of nitrogens with one attached hydrogen (secondary N) is 2. The first kappa shape index (κ1) is 8.45. The summed E-state index contributed by atoms with van der Waals surface area (Å²) in [7, 11) is 0. The third-order valence-electron chi connectivity index (χ3n) is 1.32. The molecule has 0 radical (unpaired) electrons. The largest absolute Gasteiger partial charge is 0.384 e. The quantitative estimate of drug-likeness (QED) is 0.440. The molecule has 0 spiro atoms. The van der Waals surface area contributed by atoms with E-state index in [2.05, 4.69) is 15.5 Å². The van der Waals surface area contributed by atoms with Crippen molar-refractivity contribution in [3.05, 3.63) is 17.8 Å². The van der Waals surface area contributed by atoms with Gasteiger partial charge in [0.25, 0.3) is 0 Å². The van der Waals surface area contributed by atoms with E-state index in [0.717, 1.165) is 6.54 Å². The first-order valence-corrected chi connectivity index (χ1v) is 3.65. The molecule has 0 aliphatic carbocycles. The molecule has 5 heteroatoms. The summed E-state index contributed by atoms with van der Waals surface area (Å²) < 4.78 is 0. The SMILES string of the molecule is CCNc1cc(C(=N)N)cnn1. The number of rotatable bonds is 3. The number of nitrogen functional groups attached to an aromatic ring is 1. The van der Waals surface area contributed by atoms with Crippen molar-refractivity contribution in [3.8, 4) is 0 Å². The molecule has 0 saturated carbocycles. The lowest BCUT2D eigenvalue weighted by Crippen LogP contribution is -2.12. The summed E-state index contributed by atoms with van der Waals surface area (Å²) in [5.41, 5.74) is 5.85. The number of nitrogens with zero attached hydrogens (tertiary/aromatic N) is 2. The van der Waals surface area contributed by atoms with Gasteiger partial charge in [-0.3, -0.25) is 5.41 Å². The Kier molecular flexibility index (Phi) is 2.57. The fourth-order valence-corrected chi connectivity index (χ4v) is 0.781. The van der Waals surface area contributed by atoms with E-state index < -0.39 is 0 Å². The van der Waals surface area contributed by atoms with Crippen LogP contribution in [0.25, 0.3) is 0 Å². The van der Waals surface area contributed by atoms with Crippen LogP contribution in [0.3, 0.4) is 0 Å². The highest BCUT2D eigenvalue weighted by molar-refractivity contribution is 5.95. The zero-order valence-corrected chi connectivity index (χ0v) is 6.83. The molecule has 5 nitrogen and oxygen atoms in total. The summed E-state index contributed by atoms with van der Waals surface area (Å²) in [6.45, 7) is 2.73. The van der Waals surface area contributed by atoms with E-state index in [0.29, 0.717) is 11.4 Å². The minimum Gasteiger partial charge on any atom is -0.384 e. The van der Waals surface area contributed by atoms with Crippen molar-refractivity contribution in [1.82, 2.24) is 10.2 Å².